The third-order valence-corrected chi connectivity index (χ3v) is 5.15. The molecular formula is C17H26N2O4S. The molecule has 0 heterocycles. The van der Waals surface area contributed by atoms with Crippen molar-refractivity contribution in [2.24, 2.45) is 0 Å². The number of carbonyl (C=O) groups excluding carboxylic acids is 2. The third-order valence-electron chi connectivity index (χ3n) is 3.18. The minimum absolute atomic E-state index is 0.00669. The normalized spacial score (nSPS) is 13.2. The molecule has 0 aliphatic carbocycles. The predicted molar refractivity (Wildman–Crippen MR) is 93.6 cm³/mol. The molecule has 0 saturated carbocycles. The topological polar surface area (TPSA) is 92.3 Å². The lowest BCUT2D eigenvalue weighted by molar-refractivity contribution is -0.124. The lowest BCUT2D eigenvalue weighted by Gasteiger charge is -2.23. The second-order valence-corrected chi connectivity index (χ2v) is 8.83. The molecule has 1 unspecified atom stereocenters. The zero-order valence-electron chi connectivity index (χ0n) is 14.8. The summed E-state index contributed by atoms with van der Waals surface area (Å²) in [6.45, 7) is 8.84. The maximum atomic E-state index is 12.4. The average molecular weight is 354 g/mol. The van der Waals surface area contributed by atoms with E-state index in [1.54, 1.807) is 26.0 Å². The van der Waals surface area contributed by atoms with E-state index in [1.165, 1.54) is 12.1 Å². The minimum atomic E-state index is -3.53. The molecule has 134 valence electrons. The van der Waals surface area contributed by atoms with Crippen molar-refractivity contribution >= 4 is 21.7 Å². The predicted octanol–water partition coefficient (Wildman–Crippen LogP) is 1.90. The zero-order chi connectivity index (χ0) is 18.5. The summed E-state index contributed by atoms with van der Waals surface area (Å²) >= 11 is 0. The van der Waals surface area contributed by atoms with Crippen LogP contribution in [0.3, 0.4) is 0 Å². The Morgan fingerprint density at radius 1 is 1.17 bits per heavy atom. The molecular weight excluding hydrogens is 328 g/mol. The van der Waals surface area contributed by atoms with Gasteiger partial charge in [0.05, 0.1) is 16.2 Å². The second-order valence-electron chi connectivity index (χ2n) is 6.75. The van der Waals surface area contributed by atoms with Crippen LogP contribution in [0.4, 0.5) is 0 Å². The molecule has 0 bridgehead atoms. The first kappa shape index (κ1) is 20.2. The van der Waals surface area contributed by atoms with E-state index < -0.39 is 27.3 Å². The molecule has 0 aliphatic rings. The summed E-state index contributed by atoms with van der Waals surface area (Å²) in [5.74, 6) is -0.941. The Labute approximate surface area is 143 Å². The Bertz CT molecular complexity index is 706. The Morgan fingerprint density at radius 2 is 1.75 bits per heavy atom. The quantitative estimate of drug-likeness (QED) is 0.816. The fourth-order valence-corrected chi connectivity index (χ4v) is 3.66. The van der Waals surface area contributed by atoms with Crippen LogP contribution in [-0.4, -0.2) is 37.6 Å². The van der Waals surface area contributed by atoms with Gasteiger partial charge in [-0.15, -0.1) is 0 Å². The Morgan fingerprint density at radius 3 is 2.29 bits per heavy atom. The first-order valence-corrected chi connectivity index (χ1v) is 9.58. The standard InChI is InChI=1S/C17H26N2O4S/c1-6-11-24(22,23)14-10-8-7-9-13(14)16(21)18-12(2)15(20)19-17(3,4)5/h7-10,12H,6,11H2,1-5H3,(H,18,21)(H,19,20). The summed E-state index contributed by atoms with van der Waals surface area (Å²) in [5.41, 5.74) is -0.361. The first-order valence-electron chi connectivity index (χ1n) is 7.92. The van der Waals surface area contributed by atoms with E-state index in [4.69, 9.17) is 0 Å². The number of carbonyl (C=O) groups is 2. The molecule has 0 radical (unpaired) electrons. The molecule has 24 heavy (non-hydrogen) atoms. The molecule has 0 fully saturated rings. The zero-order valence-corrected chi connectivity index (χ0v) is 15.7. The van der Waals surface area contributed by atoms with Crippen LogP contribution in [0.15, 0.2) is 29.2 Å². The summed E-state index contributed by atoms with van der Waals surface area (Å²) in [6.07, 6.45) is 0.461. The van der Waals surface area contributed by atoms with E-state index in [0.717, 1.165) is 0 Å². The van der Waals surface area contributed by atoms with E-state index in [2.05, 4.69) is 10.6 Å². The van der Waals surface area contributed by atoms with Crippen molar-refractivity contribution in [2.45, 2.75) is 57.5 Å². The van der Waals surface area contributed by atoms with Gasteiger partial charge in [-0.2, -0.15) is 0 Å². The highest BCUT2D eigenvalue weighted by atomic mass is 32.2. The largest absolute Gasteiger partial charge is 0.350 e. The lowest BCUT2D eigenvalue weighted by Crippen LogP contribution is -2.50. The monoisotopic (exact) mass is 354 g/mol. The van der Waals surface area contributed by atoms with E-state index in [9.17, 15) is 18.0 Å². The Kier molecular flexibility index (Phi) is 6.54. The summed E-state index contributed by atoms with van der Waals surface area (Å²) in [5, 5.41) is 5.33. The van der Waals surface area contributed by atoms with Crippen molar-refractivity contribution in [1.82, 2.24) is 10.6 Å². The van der Waals surface area contributed by atoms with Gasteiger partial charge in [0.25, 0.3) is 5.91 Å². The van der Waals surface area contributed by atoms with E-state index in [1.807, 2.05) is 20.8 Å². The molecule has 2 amide bonds. The van der Waals surface area contributed by atoms with Gasteiger partial charge in [-0.3, -0.25) is 9.59 Å². The van der Waals surface area contributed by atoms with Crippen molar-refractivity contribution in [1.29, 1.82) is 0 Å². The van der Waals surface area contributed by atoms with Crippen molar-refractivity contribution in [3.63, 3.8) is 0 Å². The number of hydrogen-bond donors (Lipinski definition) is 2. The first-order chi connectivity index (χ1) is 11.0. The summed E-state index contributed by atoms with van der Waals surface area (Å²) in [6, 6.07) is 5.26. The molecule has 0 aliphatic heterocycles. The summed E-state index contributed by atoms with van der Waals surface area (Å²) in [4.78, 5) is 24.5. The van der Waals surface area contributed by atoms with Crippen molar-refractivity contribution in [2.75, 3.05) is 5.75 Å². The number of rotatable bonds is 6. The Balaban J connectivity index is 2.99. The van der Waals surface area contributed by atoms with Crippen molar-refractivity contribution in [3.05, 3.63) is 29.8 Å². The van der Waals surface area contributed by atoms with Crippen molar-refractivity contribution < 1.29 is 18.0 Å². The fourth-order valence-electron chi connectivity index (χ4n) is 2.12. The lowest BCUT2D eigenvalue weighted by atomic mass is 10.1. The summed E-state index contributed by atoms with van der Waals surface area (Å²) in [7, 11) is -3.53. The molecule has 1 atom stereocenters. The van der Waals surface area contributed by atoms with Crippen LogP contribution in [0, 0.1) is 0 Å². The van der Waals surface area contributed by atoms with Crippen LogP contribution < -0.4 is 10.6 Å². The van der Waals surface area contributed by atoms with Gasteiger partial charge in [0.2, 0.25) is 5.91 Å². The average Bonchev–Trinajstić information content (AvgIpc) is 2.45. The van der Waals surface area contributed by atoms with Crippen LogP contribution in [0.5, 0.6) is 0 Å². The van der Waals surface area contributed by atoms with E-state index >= 15 is 0 Å². The minimum Gasteiger partial charge on any atom is -0.350 e. The number of amides is 2. The highest BCUT2D eigenvalue weighted by Gasteiger charge is 2.25. The van der Waals surface area contributed by atoms with Gasteiger partial charge in [-0.05, 0) is 46.2 Å². The summed E-state index contributed by atoms with van der Waals surface area (Å²) < 4.78 is 24.6. The molecule has 1 rings (SSSR count). The number of nitrogens with one attached hydrogen (secondary N) is 2. The fraction of sp³-hybridized carbons (Fsp3) is 0.529. The van der Waals surface area contributed by atoms with Gasteiger partial charge < -0.3 is 10.6 Å². The molecule has 2 N–H and O–H groups in total. The van der Waals surface area contributed by atoms with Gasteiger partial charge >= 0.3 is 0 Å². The molecule has 0 aromatic heterocycles. The van der Waals surface area contributed by atoms with Crippen LogP contribution in [-0.2, 0) is 14.6 Å². The van der Waals surface area contributed by atoms with Gasteiger partial charge in [0.15, 0.2) is 9.84 Å². The van der Waals surface area contributed by atoms with Crippen LogP contribution in [0.25, 0.3) is 0 Å². The van der Waals surface area contributed by atoms with Crippen LogP contribution in [0.2, 0.25) is 0 Å². The molecule has 1 aromatic carbocycles. The molecule has 1 aromatic rings. The van der Waals surface area contributed by atoms with E-state index in [-0.39, 0.29) is 22.1 Å². The van der Waals surface area contributed by atoms with Crippen LogP contribution in [0.1, 0.15) is 51.4 Å². The van der Waals surface area contributed by atoms with Gasteiger partial charge in [-0.1, -0.05) is 19.1 Å². The highest BCUT2D eigenvalue weighted by molar-refractivity contribution is 7.91. The van der Waals surface area contributed by atoms with E-state index in [0.29, 0.717) is 6.42 Å². The van der Waals surface area contributed by atoms with Crippen molar-refractivity contribution in [3.8, 4) is 0 Å². The Hall–Kier alpha value is -1.89. The second kappa shape index (κ2) is 7.79. The molecule has 0 spiro atoms. The van der Waals surface area contributed by atoms with Gasteiger partial charge in [0, 0.05) is 5.54 Å². The molecule has 6 nitrogen and oxygen atoms in total. The number of benzene rings is 1. The third kappa shape index (κ3) is 5.63. The molecule has 0 saturated heterocycles. The smallest absolute Gasteiger partial charge is 0.253 e. The maximum absolute atomic E-state index is 12.4. The maximum Gasteiger partial charge on any atom is 0.253 e. The number of hydrogen-bond acceptors (Lipinski definition) is 4. The SMILES string of the molecule is CCCS(=O)(=O)c1ccccc1C(=O)NC(C)C(=O)NC(C)(C)C. The van der Waals surface area contributed by atoms with Gasteiger partial charge in [-0.25, -0.2) is 8.42 Å². The van der Waals surface area contributed by atoms with Crippen LogP contribution >= 0.6 is 0 Å². The molecule has 7 heteroatoms. The van der Waals surface area contributed by atoms with Gasteiger partial charge in [0.1, 0.15) is 6.04 Å². The number of sulfone groups is 1. The highest BCUT2D eigenvalue weighted by Crippen LogP contribution is 2.18.